The normalized spacial score (nSPS) is 11.5. The van der Waals surface area contributed by atoms with Gasteiger partial charge in [-0.3, -0.25) is 0 Å². The largest absolute Gasteiger partial charge is 0.426 e. The molecule has 0 bridgehead atoms. The fourth-order valence-electron chi connectivity index (χ4n) is 2.75. The molecule has 0 radical (unpaired) electrons. The second-order valence-corrected chi connectivity index (χ2v) is 7.02. The molecule has 0 saturated heterocycles. The first-order valence-corrected chi connectivity index (χ1v) is 9.11. The highest BCUT2D eigenvalue weighted by atomic mass is 32.1. The minimum Gasteiger partial charge on any atom is -0.333 e. The summed E-state index contributed by atoms with van der Waals surface area (Å²) in [7, 11) is 0. The predicted octanol–water partition coefficient (Wildman–Crippen LogP) is 6.79. The molecule has 0 aliphatic rings. The summed E-state index contributed by atoms with van der Waals surface area (Å²) in [6.07, 6.45) is -2.77. The second kappa shape index (κ2) is 7.09. The van der Waals surface area contributed by atoms with Crippen LogP contribution in [-0.2, 0) is 6.18 Å². The Kier molecular flexibility index (Phi) is 4.60. The molecule has 2 aromatic carbocycles. The Hall–Kier alpha value is -3.19. The van der Waals surface area contributed by atoms with E-state index in [4.69, 9.17) is 4.52 Å². The van der Waals surface area contributed by atoms with E-state index in [9.17, 15) is 13.2 Å². The monoisotopic (exact) mass is 398 g/mol. The van der Waals surface area contributed by atoms with Gasteiger partial charge >= 0.3 is 6.18 Å². The van der Waals surface area contributed by atoms with Gasteiger partial charge in [-0.05, 0) is 17.2 Å². The first-order valence-electron chi connectivity index (χ1n) is 8.29. The highest BCUT2D eigenvalue weighted by Gasteiger charge is 2.37. The van der Waals surface area contributed by atoms with E-state index in [1.165, 1.54) is 6.07 Å². The van der Waals surface area contributed by atoms with Crippen LogP contribution in [0.5, 0.6) is 0 Å². The molecule has 0 atom stereocenters. The maximum atomic E-state index is 13.5. The Labute approximate surface area is 162 Å². The quantitative estimate of drug-likeness (QED) is 0.380. The van der Waals surface area contributed by atoms with Crippen molar-refractivity contribution in [2.75, 3.05) is 0 Å². The fraction of sp³-hybridized carbons (Fsp3) is 0.0476. The van der Waals surface area contributed by atoms with E-state index in [1.807, 2.05) is 12.1 Å². The van der Waals surface area contributed by atoms with Crippen LogP contribution in [0.2, 0.25) is 0 Å². The lowest BCUT2D eigenvalue weighted by Crippen LogP contribution is -2.03. The third-order valence-electron chi connectivity index (χ3n) is 4.12. The van der Waals surface area contributed by atoms with Gasteiger partial charge in [-0.25, -0.2) is 0 Å². The van der Waals surface area contributed by atoms with E-state index in [0.717, 1.165) is 5.56 Å². The van der Waals surface area contributed by atoms with E-state index in [1.54, 1.807) is 48.5 Å². The van der Waals surface area contributed by atoms with Gasteiger partial charge in [0.05, 0.1) is 4.88 Å². The van der Waals surface area contributed by atoms with E-state index in [-0.39, 0.29) is 16.3 Å². The van der Waals surface area contributed by atoms with Crippen molar-refractivity contribution in [1.82, 2.24) is 10.1 Å². The summed E-state index contributed by atoms with van der Waals surface area (Å²) in [6.45, 7) is 3.69. The topological polar surface area (TPSA) is 38.9 Å². The second-order valence-electron chi connectivity index (χ2n) is 5.97. The lowest BCUT2D eigenvalue weighted by atomic mass is 10.1. The molecule has 2 heterocycles. The Bertz CT molecular complexity index is 1110. The molecule has 0 spiro atoms. The minimum atomic E-state index is -4.47. The van der Waals surface area contributed by atoms with Crippen LogP contribution in [-0.4, -0.2) is 10.1 Å². The van der Waals surface area contributed by atoms with Crippen LogP contribution in [0.4, 0.5) is 13.2 Å². The summed E-state index contributed by atoms with van der Waals surface area (Å²) >= 11 is 0.594. The van der Waals surface area contributed by atoms with Crippen LogP contribution < -0.4 is 0 Å². The first-order chi connectivity index (χ1) is 13.5. The molecule has 4 rings (SSSR count). The molecule has 0 fully saturated rings. The number of hydrogen-bond acceptors (Lipinski definition) is 4. The van der Waals surface area contributed by atoms with Crippen molar-refractivity contribution in [2.45, 2.75) is 6.18 Å². The number of rotatable bonds is 4. The Morgan fingerprint density at radius 1 is 0.964 bits per heavy atom. The van der Waals surface area contributed by atoms with Crippen LogP contribution in [0.1, 0.15) is 10.4 Å². The number of halogens is 3. The summed E-state index contributed by atoms with van der Waals surface area (Å²) < 4.78 is 45.9. The molecule has 0 aliphatic carbocycles. The number of thiophene rings is 1. The van der Waals surface area contributed by atoms with Gasteiger partial charge < -0.3 is 4.52 Å². The van der Waals surface area contributed by atoms with Crippen LogP contribution in [0.15, 0.2) is 71.8 Å². The molecule has 28 heavy (non-hydrogen) atoms. The lowest BCUT2D eigenvalue weighted by molar-refractivity contribution is -0.133. The third kappa shape index (κ3) is 3.48. The summed E-state index contributed by atoms with van der Waals surface area (Å²) in [5.41, 5.74) is 2.23. The Balaban J connectivity index is 1.75. The highest BCUT2D eigenvalue weighted by molar-refractivity contribution is 7.16. The number of hydrogen-bond donors (Lipinski definition) is 0. The summed E-state index contributed by atoms with van der Waals surface area (Å²) in [6, 6.07) is 17.2. The molecule has 0 saturated carbocycles. The SMILES string of the molecule is C=Cc1ccc(-c2noc(-c3cc(-c4ccccc4)c(C(F)(F)F)s3)n2)cc1. The maximum Gasteiger partial charge on any atom is 0.426 e. The molecule has 7 heteroatoms. The van der Waals surface area contributed by atoms with Gasteiger partial charge in [0, 0.05) is 11.1 Å². The van der Waals surface area contributed by atoms with Gasteiger partial charge in [0.1, 0.15) is 4.88 Å². The molecule has 0 amide bonds. The molecular weight excluding hydrogens is 385 g/mol. The van der Waals surface area contributed by atoms with Gasteiger partial charge in [-0.1, -0.05) is 72.4 Å². The Morgan fingerprint density at radius 2 is 1.68 bits per heavy atom. The minimum absolute atomic E-state index is 0.0560. The van der Waals surface area contributed by atoms with Gasteiger partial charge in [0.15, 0.2) is 0 Å². The zero-order valence-electron chi connectivity index (χ0n) is 14.4. The molecule has 0 aliphatic heterocycles. The smallest absolute Gasteiger partial charge is 0.333 e. The van der Waals surface area contributed by atoms with Crippen molar-refractivity contribution in [3.8, 4) is 33.3 Å². The van der Waals surface area contributed by atoms with Crippen LogP contribution in [0.3, 0.4) is 0 Å². The zero-order valence-corrected chi connectivity index (χ0v) is 15.2. The average Bonchev–Trinajstić information content (AvgIpc) is 3.36. The van der Waals surface area contributed by atoms with E-state index in [0.29, 0.717) is 28.3 Å². The van der Waals surface area contributed by atoms with Crippen molar-refractivity contribution in [1.29, 1.82) is 0 Å². The third-order valence-corrected chi connectivity index (χ3v) is 5.28. The van der Waals surface area contributed by atoms with Crippen molar-refractivity contribution in [3.05, 3.63) is 77.7 Å². The Morgan fingerprint density at radius 3 is 2.32 bits per heavy atom. The van der Waals surface area contributed by atoms with Gasteiger partial charge in [0.25, 0.3) is 5.89 Å². The van der Waals surface area contributed by atoms with Gasteiger partial charge in [-0.15, -0.1) is 11.3 Å². The summed E-state index contributed by atoms with van der Waals surface area (Å²) in [5, 5.41) is 3.91. The standard InChI is InChI=1S/C21H13F3N2OS/c1-2-13-8-10-15(11-9-13)19-25-20(27-26-19)17-12-16(14-6-4-3-5-7-14)18(28-17)21(22,23)24/h2-12H,1H2. The molecule has 2 aromatic heterocycles. The van der Waals surface area contributed by atoms with E-state index < -0.39 is 11.1 Å². The van der Waals surface area contributed by atoms with Crippen molar-refractivity contribution in [3.63, 3.8) is 0 Å². The van der Waals surface area contributed by atoms with Crippen LogP contribution in [0, 0.1) is 0 Å². The van der Waals surface area contributed by atoms with Gasteiger partial charge in [-0.2, -0.15) is 18.2 Å². The fourth-order valence-corrected chi connectivity index (χ4v) is 3.72. The molecule has 0 N–H and O–H groups in total. The number of benzene rings is 2. The number of aromatic nitrogens is 2. The van der Waals surface area contributed by atoms with Crippen LogP contribution in [0.25, 0.3) is 39.4 Å². The lowest BCUT2D eigenvalue weighted by Gasteiger charge is -2.07. The molecule has 140 valence electrons. The van der Waals surface area contributed by atoms with Crippen molar-refractivity contribution >= 4 is 17.4 Å². The average molecular weight is 398 g/mol. The maximum absolute atomic E-state index is 13.5. The van der Waals surface area contributed by atoms with Crippen molar-refractivity contribution in [2.24, 2.45) is 0 Å². The zero-order chi connectivity index (χ0) is 19.7. The first kappa shape index (κ1) is 18.2. The molecule has 3 nitrogen and oxygen atoms in total. The predicted molar refractivity (Wildman–Crippen MR) is 104 cm³/mol. The highest BCUT2D eigenvalue weighted by Crippen LogP contribution is 2.45. The van der Waals surface area contributed by atoms with Crippen molar-refractivity contribution < 1.29 is 17.7 Å². The van der Waals surface area contributed by atoms with Gasteiger partial charge in [0.2, 0.25) is 5.82 Å². The summed E-state index contributed by atoms with van der Waals surface area (Å²) in [4.78, 5) is 3.86. The molecule has 0 unspecified atom stereocenters. The van der Waals surface area contributed by atoms with Crippen LogP contribution >= 0.6 is 11.3 Å². The molecular formula is C21H13F3N2OS. The number of alkyl halides is 3. The molecule has 4 aromatic rings. The number of nitrogens with zero attached hydrogens (tertiary/aromatic N) is 2. The summed E-state index contributed by atoms with van der Waals surface area (Å²) in [5.74, 6) is 0.370. The van der Waals surface area contributed by atoms with E-state index >= 15 is 0 Å². The van der Waals surface area contributed by atoms with E-state index in [2.05, 4.69) is 16.7 Å².